The number of fused-ring (bicyclic) bond motifs is 1. The Labute approximate surface area is 209 Å². The van der Waals surface area contributed by atoms with E-state index < -0.39 is 21.3 Å². The van der Waals surface area contributed by atoms with Crippen LogP contribution in [-0.4, -0.2) is 41.3 Å². The smallest absolute Gasteiger partial charge is 0.333 e. The molecule has 190 valence electrons. The summed E-state index contributed by atoms with van der Waals surface area (Å²) >= 11 is 0. The zero-order chi connectivity index (χ0) is 26.5. The average Bonchev–Trinajstić information content (AvgIpc) is 3.01. The Bertz CT molecular complexity index is 1570. The van der Waals surface area contributed by atoms with E-state index >= 15 is 0 Å². The number of allylic oxidation sites excluding steroid dienone is 3. The van der Waals surface area contributed by atoms with Crippen molar-refractivity contribution in [3.05, 3.63) is 92.8 Å². The van der Waals surface area contributed by atoms with E-state index in [1.54, 1.807) is 37.3 Å². The maximum atomic E-state index is 13.3. The van der Waals surface area contributed by atoms with Crippen molar-refractivity contribution in [3.63, 3.8) is 0 Å². The highest BCUT2D eigenvalue weighted by Crippen LogP contribution is 2.24. The third-order valence-corrected chi connectivity index (χ3v) is 7.53. The number of hydrogen-bond acceptors (Lipinski definition) is 5. The van der Waals surface area contributed by atoms with E-state index in [4.69, 9.17) is 0 Å². The molecule has 4 rings (SSSR count). The average molecular weight is 511 g/mol. The number of aryl methyl sites for hydroxylation is 1. The Morgan fingerprint density at radius 1 is 1.06 bits per heavy atom. The van der Waals surface area contributed by atoms with Crippen molar-refractivity contribution in [2.45, 2.75) is 39.0 Å². The second kappa shape index (κ2) is 11.2. The molecule has 0 bridgehead atoms. The third-order valence-electron chi connectivity index (χ3n) is 5.63. The van der Waals surface area contributed by atoms with Gasteiger partial charge in [0.15, 0.2) is 0 Å². The molecule has 0 radical (unpaired) electrons. The lowest BCUT2D eigenvalue weighted by atomic mass is 10.2. The molecule has 0 aliphatic carbocycles. The minimum atomic E-state index is -4.03. The zero-order valence-corrected chi connectivity index (χ0v) is 21.6. The number of nitrogens with zero attached hydrogens (tertiary/aromatic N) is 2. The van der Waals surface area contributed by atoms with Crippen molar-refractivity contribution in [1.82, 2.24) is 19.2 Å². The molecule has 0 saturated carbocycles. The SMILES string of the molecule is C/C=C\CC.CC1=CC(=O)NCCN1S(=O)(=O)c1ccc(C)c(-n2c(=O)[nH]c3ccccc3c2=O)c1. The first-order chi connectivity index (χ1) is 17.1. The van der Waals surface area contributed by atoms with Crippen LogP contribution in [0.25, 0.3) is 16.6 Å². The van der Waals surface area contributed by atoms with E-state index in [9.17, 15) is 22.8 Å². The van der Waals surface area contributed by atoms with Gasteiger partial charge in [-0.3, -0.25) is 13.9 Å². The van der Waals surface area contributed by atoms with Crippen LogP contribution >= 0.6 is 0 Å². The van der Waals surface area contributed by atoms with Gasteiger partial charge in [-0.2, -0.15) is 0 Å². The van der Waals surface area contributed by atoms with E-state index in [-0.39, 0.29) is 35.3 Å². The summed E-state index contributed by atoms with van der Waals surface area (Å²) in [7, 11) is -4.03. The second-order valence-corrected chi connectivity index (χ2v) is 10.1. The molecule has 36 heavy (non-hydrogen) atoms. The van der Waals surface area contributed by atoms with Crippen LogP contribution in [0.5, 0.6) is 0 Å². The molecule has 2 heterocycles. The topological polar surface area (TPSA) is 121 Å². The quantitative estimate of drug-likeness (QED) is 0.523. The lowest BCUT2D eigenvalue weighted by molar-refractivity contribution is -0.116. The Kier molecular flexibility index (Phi) is 8.31. The molecular formula is C26H30N4O5S. The number of hydrogen-bond donors (Lipinski definition) is 2. The summed E-state index contributed by atoms with van der Waals surface area (Å²) in [5.41, 5.74) is 0.195. The predicted molar refractivity (Wildman–Crippen MR) is 141 cm³/mol. The molecule has 1 aliphatic rings. The first kappa shape index (κ1) is 26.7. The molecule has 9 nitrogen and oxygen atoms in total. The molecule has 2 aromatic carbocycles. The first-order valence-corrected chi connectivity index (χ1v) is 13.0. The predicted octanol–water partition coefficient (Wildman–Crippen LogP) is 2.98. The minimum Gasteiger partial charge on any atom is -0.351 e. The highest BCUT2D eigenvalue weighted by atomic mass is 32.2. The van der Waals surface area contributed by atoms with Crippen LogP contribution in [-0.2, 0) is 14.8 Å². The number of aromatic nitrogens is 2. The summed E-state index contributed by atoms with van der Waals surface area (Å²) in [5.74, 6) is -0.367. The van der Waals surface area contributed by atoms with Gasteiger partial charge in [-0.1, -0.05) is 37.3 Å². The van der Waals surface area contributed by atoms with Gasteiger partial charge in [-0.15, -0.1) is 0 Å². The maximum absolute atomic E-state index is 13.3. The standard InChI is InChI=1S/C21H20N4O5S.C5H10/c1-13-7-8-15(31(29,30)24-10-9-22-19(26)11-14(24)2)12-18(13)25-20(27)16-5-3-4-6-17(16)23-21(25)28;1-3-5-4-2/h3-8,11-12H,9-10H2,1-2H3,(H,22,26)(H,23,28);3,5H,4H2,1-2H3/b;5-3-. The molecule has 0 fully saturated rings. The van der Waals surface area contributed by atoms with Crippen LogP contribution in [0.4, 0.5) is 0 Å². The van der Waals surface area contributed by atoms with Gasteiger partial charge >= 0.3 is 5.69 Å². The molecule has 10 heteroatoms. The van der Waals surface area contributed by atoms with Gasteiger partial charge in [0, 0.05) is 18.3 Å². The summed E-state index contributed by atoms with van der Waals surface area (Å²) in [6.45, 7) is 7.61. The second-order valence-electron chi connectivity index (χ2n) is 8.20. The van der Waals surface area contributed by atoms with Gasteiger partial charge in [0.25, 0.3) is 15.6 Å². The molecule has 1 aromatic heterocycles. The number of sulfonamides is 1. The minimum absolute atomic E-state index is 0.0656. The molecule has 1 aliphatic heterocycles. The lowest BCUT2D eigenvalue weighted by Crippen LogP contribution is -2.35. The summed E-state index contributed by atoms with van der Waals surface area (Å²) in [4.78, 5) is 40.0. The largest absolute Gasteiger partial charge is 0.351 e. The maximum Gasteiger partial charge on any atom is 0.333 e. The van der Waals surface area contributed by atoms with Crippen LogP contribution in [0, 0.1) is 6.92 Å². The molecule has 1 amide bonds. The Morgan fingerprint density at radius 2 is 1.78 bits per heavy atom. The number of para-hydroxylation sites is 1. The van der Waals surface area contributed by atoms with Gasteiger partial charge in [-0.05, 0) is 57.0 Å². The Hall–Kier alpha value is -3.92. The summed E-state index contributed by atoms with van der Waals surface area (Å²) in [5, 5.41) is 2.91. The van der Waals surface area contributed by atoms with Crippen LogP contribution in [0.1, 0.15) is 32.8 Å². The van der Waals surface area contributed by atoms with Gasteiger partial charge < -0.3 is 10.3 Å². The fraction of sp³-hybridized carbons (Fsp3) is 0.269. The molecule has 0 spiro atoms. The number of nitrogens with one attached hydrogen (secondary N) is 2. The van der Waals surface area contributed by atoms with E-state index in [0.717, 1.165) is 15.3 Å². The van der Waals surface area contributed by atoms with Crippen molar-refractivity contribution < 1.29 is 13.2 Å². The van der Waals surface area contributed by atoms with Crippen molar-refractivity contribution in [2.24, 2.45) is 0 Å². The first-order valence-electron chi connectivity index (χ1n) is 11.6. The lowest BCUT2D eigenvalue weighted by Gasteiger charge is -2.23. The molecule has 0 atom stereocenters. The van der Waals surface area contributed by atoms with Crippen LogP contribution < -0.4 is 16.6 Å². The summed E-state index contributed by atoms with van der Waals surface area (Å²) in [6, 6.07) is 10.9. The van der Waals surface area contributed by atoms with Crippen molar-refractivity contribution in [3.8, 4) is 5.69 Å². The fourth-order valence-corrected chi connectivity index (χ4v) is 5.33. The Morgan fingerprint density at radius 3 is 2.44 bits per heavy atom. The van der Waals surface area contributed by atoms with Crippen molar-refractivity contribution >= 4 is 26.8 Å². The van der Waals surface area contributed by atoms with Crippen molar-refractivity contribution in [1.29, 1.82) is 0 Å². The summed E-state index contributed by atoms with van der Waals surface area (Å²) < 4.78 is 28.7. The number of aromatic amines is 1. The molecule has 0 saturated heterocycles. The van der Waals surface area contributed by atoms with E-state index in [0.29, 0.717) is 16.5 Å². The Balaban J connectivity index is 0.000000658. The van der Waals surface area contributed by atoms with E-state index in [1.807, 2.05) is 6.92 Å². The zero-order valence-electron chi connectivity index (χ0n) is 20.7. The molecule has 0 unspecified atom stereocenters. The number of benzene rings is 2. The highest BCUT2D eigenvalue weighted by molar-refractivity contribution is 7.89. The monoisotopic (exact) mass is 510 g/mol. The molecule has 3 aromatic rings. The van der Waals surface area contributed by atoms with Gasteiger partial charge in [0.2, 0.25) is 5.91 Å². The van der Waals surface area contributed by atoms with Gasteiger partial charge in [-0.25, -0.2) is 17.8 Å². The van der Waals surface area contributed by atoms with Crippen molar-refractivity contribution in [2.75, 3.05) is 13.1 Å². The normalized spacial score (nSPS) is 14.2. The highest BCUT2D eigenvalue weighted by Gasteiger charge is 2.27. The third kappa shape index (κ3) is 5.49. The number of H-pyrrole nitrogens is 1. The van der Waals surface area contributed by atoms with E-state index in [1.165, 1.54) is 25.1 Å². The number of amides is 1. The number of carbonyl (C=O) groups is 1. The number of carbonyl (C=O) groups excluding carboxylic acids is 1. The van der Waals surface area contributed by atoms with E-state index in [2.05, 4.69) is 29.4 Å². The van der Waals surface area contributed by atoms with Crippen LogP contribution in [0.3, 0.4) is 0 Å². The summed E-state index contributed by atoms with van der Waals surface area (Å²) in [6.07, 6.45) is 6.56. The van der Waals surface area contributed by atoms with Crippen LogP contribution in [0.2, 0.25) is 0 Å². The number of rotatable bonds is 4. The molecular weight excluding hydrogens is 480 g/mol. The van der Waals surface area contributed by atoms with Gasteiger partial charge in [0.05, 0.1) is 28.0 Å². The van der Waals surface area contributed by atoms with Gasteiger partial charge in [0.1, 0.15) is 0 Å². The molecule has 2 N–H and O–H groups in total. The fourth-order valence-electron chi connectivity index (χ4n) is 3.81. The van der Waals surface area contributed by atoms with Crippen LogP contribution in [0.15, 0.2) is 80.9 Å².